The second-order valence-electron chi connectivity index (χ2n) is 3.11. The molecule has 0 bridgehead atoms. The predicted octanol–water partition coefficient (Wildman–Crippen LogP) is -3.12. The molecule has 0 fully saturated rings. The van der Waals surface area contributed by atoms with Gasteiger partial charge in [-0.05, 0) is 18.4 Å². The largest absolute Gasteiger partial charge is 1.00 e. The molecule has 0 aliphatic heterocycles. The van der Waals surface area contributed by atoms with Gasteiger partial charge in [0.2, 0.25) is 11.0 Å². The van der Waals surface area contributed by atoms with Gasteiger partial charge in [0.05, 0.1) is 22.6 Å². The van der Waals surface area contributed by atoms with Crippen molar-refractivity contribution in [2.24, 2.45) is 0 Å². The van der Waals surface area contributed by atoms with Gasteiger partial charge < -0.3 is 15.2 Å². The van der Waals surface area contributed by atoms with Crippen LogP contribution in [0.2, 0.25) is 0 Å². The summed E-state index contributed by atoms with van der Waals surface area (Å²) in [6.07, 6.45) is 0. The molecule has 0 aliphatic rings. The van der Waals surface area contributed by atoms with E-state index in [-0.39, 0.29) is 34.7 Å². The number of nitrogens with one attached hydrogen (secondary N) is 1. The summed E-state index contributed by atoms with van der Waals surface area (Å²) in [6.45, 7) is 0.998. The maximum Gasteiger partial charge on any atom is 1.00 e. The van der Waals surface area contributed by atoms with Gasteiger partial charge in [-0.25, -0.2) is 0 Å². The van der Waals surface area contributed by atoms with Crippen molar-refractivity contribution in [3.05, 3.63) is 22.4 Å². The molecular weight excluding hydrogens is 285 g/mol. The number of rotatable bonds is 5. The van der Waals surface area contributed by atoms with Crippen molar-refractivity contribution in [2.45, 2.75) is 12.2 Å². The smallest absolute Gasteiger partial charge is 0.548 e. The van der Waals surface area contributed by atoms with Gasteiger partial charge in [0.1, 0.15) is 0 Å². The molecule has 1 unspecified atom stereocenters. The summed E-state index contributed by atoms with van der Waals surface area (Å²) in [6, 6.07) is 3.42. The van der Waals surface area contributed by atoms with Crippen LogP contribution in [-0.4, -0.2) is 28.8 Å². The molecule has 1 amide bonds. The van der Waals surface area contributed by atoms with Crippen molar-refractivity contribution in [2.75, 3.05) is 6.54 Å². The predicted molar refractivity (Wildman–Crippen MR) is 63.7 cm³/mol. The molecule has 1 rings (SSSR count). The van der Waals surface area contributed by atoms with Crippen molar-refractivity contribution in [3.8, 4) is 0 Å². The summed E-state index contributed by atoms with van der Waals surface area (Å²) < 4.78 is 0. The third kappa shape index (κ3) is 6.01. The zero-order valence-corrected chi connectivity index (χ0v) is 13.6. The van der Waals surface area contributed by atoms with E-state index in [0.717, 1.165) is 11.8 Å². The van der Waals surface area contributed by atoms with E-state index in [2.05, 4.69) is 5.32 Å². The van der Waals surface area contributed by atoms with E-state index in [1.165, 1.54) is 11.3 Å². The zero-order chi connectivity index (χ0) is 12.8. The first-order valence-electron chi connectivity index (χ1n) is 4.72. The van der Waals surface area contributed by atoms with Gasteiger partial charge in [0.15, 0.2) is 0 Å². The number of thioether (sulfide) groups is 1. The van der Waals surface area contributed by atoms with Crippen molar-refractivity contribution in [1.29, 1.82) is 0 Å². The van der Waals surface area contributed by atoms with Crippen LogP contribution in [0.25, 0.3) is 0 Å². The minimum absolute atomic E-state index is 0. The van der Waals surface area contributed by atoms with Gasteiger partial charge in [-0.3, -0.25) is 9.59 Å². The third-order valence-corrected chi connectivity index (χ3v) is 3.78. The van der Waals surface area contributed by atoms with Crippen LogP contribution >= 0.6 is 23.1 Å². The van der Waals surface area contributed by atoms with Gasteiger partial charge >= 0.3 is 29.6 Å². The number of carbonyl (C=O) groups excluding carboxylic acids is 3. The monoisotopic (exact) mass is 295 g/mol. The van der Waals surface area contributed by atoms with Crippen molar-refractivity contribution in [3.63, 3.8) is 0 Å². The van der Waals surface area contributed by atoms with Crippen molar-refractivity contribution in [1.82, 2.24) is 5.32 Å². The fourth-order valence-corrected chi connectivity index (χ4v) is 2.51. The average molecular weight is 295 g/mol. The summed E-state index contributed by atoms with van der Waals surface area (Å²) >= 11 is 2.16. The number of thiophene rings is 1. The Morgan fingerprint density at radius 3 is 2.67 bits per heavy atom. The van der Waals surface area contributed by atoms with E-state index in [1.54, 1.807) is 24.4 Å². The zero-order valence-electron chi connectivity index (χ0n) is 9.97. The number of carbonyl (C=O) groups is 3. The molecule has 18 heavy (non-hydrogen) atoms. The molecule has 1 atom stereocenters. The third-order valence-electron chi connectivity index (χ3n) is 1.78. The van der Waals surface area contributed by atoms with E-state index < -0.39 is 23.7 Å². The van der Waals surface area contributed by atoms with Gasteiger partial charge in [-0.2, -0.15) is 0 Å². The van der Waals surface area contributed by atoms with Crippen LogP contribution in [0.1, 0.15) is 16.6 Å². The molecular formula is C10H10NNaO4S2. The fourth-order valence-electron chi connectivity index (χ4n) is 0.970. The molecule has 5 nitrogen and oxygen atoms in total. The first-order chi connectivity index (χ1) is 8.00. The summed E-state index contributed by atoms with van der Waals surface area (Å²) in [7, 11) is 0. The number of carboxylic acids is 1. The Balaban J connectivity index is 0.00000289. The molecule has 0 saturated carbocycles. The van der Waals surface area contributed by atoms with Crippen LogP contribution in [-0.2, 0) is 9.59 Å². The van der Waals surface area contributed by atoms with Crippen molar-refractivity contribution >= 4 is 40.1 Å². The van der Waals surface area contributed by atoms with E-state index in [4.69, 9.17) is 0 Å². The Bertz CT molecular complexity index is 422. The van der Waals surface area contributed by atoms with Gasteiger partial charge in [0.25, 0.3) is 0 Å². The molecule has 1 N–H and O–H groups in total. The standard InChI is InChI=1S/C10H11NO4S2.Na/c1-6(9(14)11-5-8(12)13)17-10(15)7-3-2-4-16-7;/h2-4,6H,5H2,1H3,(H,11,14)(H,12,13);/q;+1/p-1. The minimum atomic E-state index is -1.36. The summed E-state index contributed by atoms with van der Waals surface area (Å²) in [5.74, 6) is -1.86. The van der Waals surface area contributed by atoms with E-state index >= 15 is 0 Å². The second kappa shape index (κ2) is 8.71. The van der Waals surface area contributed by atoms with E-state index in [9.17, 15) is 19.5 Å². The first kappa shape index (κ1) is 17.7. The van der Waals surface area contributed by atoms with Gasteiger partial charge in [-0.1, -0.05) is 17.8 Å². The maximum atomic E-state index is 11.6. The molecule has 0 radical (unpaired) electrons. The quantitative estimate of drug-likeness (QED) is 0.581. The fraction of sp³-hybridized carbons (Fsp3) is 0.300. The average Bonchev–Trinajstić information content (AvgIpc) is 2.78. The van der Waals surface area contributed by atoms with Crippen LogP contribution in [0.4, 0.5) is 0 Å². The molecule has 0 saturated heterocycles. The van der Waals surface area contributed by atoms with Crippen LogP contribution < -0.4 is 40.0 Å². The second-order valence-corrected chi connectivity index (χ2v) is 5.38. The molecule has 1 aromatic rings. The Kier molecular flexibility index (Phi) is 8.54. The molecule has 1 heterocycles. The molecule has 0 spiro atoms. The Morgan fingerprint density at radius 2 is 2.17 bits per heavy atom. The van der Waals surface area contributed by atoms with Crippen LogP contribution in [0.5, 0.6) is 0 Å². The summed E-state index contributed by atoms with van der Waals surface area (Å²) in [4.78, 5) is 33.7. The SMILES string of the molecule is CC(SC(=O)c1cccs1)C(=O)NCC(=O)[O-].[Na+]. The Hall–Kier alpha value is -0.340. The normalized spacial score (nSPS) is 11.2. The van der Waals surface area contributed by atoms with E-state index in [1.807, 2.05) is 0 Å². The van der Waals surface area contributed by atoms with E-state index in [0.29, 0.717) is 4.88 Å². The number of hydrogen-bond donors (Lipinski definition) is 1. The van der Waals surface area contributed by atoms with Crippen molar-refractivity contribution < 1.29 is 49.0 Å². The molecule has 0 aliphatic carbocycles. The molecule has 0 aromatic carbocycles. The number of amides is 1. The topological polar surface area (TPSA) is 86.3 Å². The minimum Gasteiger partial charge on any atom is -0.548 e. The number of hydrogen-bond acceptors (Lipinski definition) is 6. The molecule has 8 heteroatoms. The van der Waals surface area contributed by atoms with Gasteiger partial charge in [0, 0.05) is 0 Å². The van der Waals surface area contributed by atoms with Crippen LogP contribution in [0.3, 0.4) is 0 Å². The Labute approximate surface area is 135 Å². The van der Waals surface area contributed by atoms with Gasteiger partial charge in [-0.15, -0.1) is 11.3 Å². The maximum absolute atomic E-state index is 11.6. The summed E-state index contributed by atoms with van der Waals surface area (Å²) in [5.41, 5.74) is 0. The number of carboxylic acid groups (broad SMARTS) is 1. The number of aliphatic carboxylic acids is 1. The Morgan fingerprint density at radius 1 is 1.50 bits per heavy atom. The first-order valence-corrected chi connectivity index (χ1v) is 6.48. The van der Waals surface area contributed by atoms with Crippen LogP contribution in [0.15, 0.2) is 17.5 Å². The summed E-state index contributed by atoms with van der Waals surface area (Å²) in [5, 5.41) is 13.2. The molecule has 1 aromatic heterocycles. The van der Waals surface area contributed by atoms with Crippen LogP contribution in [0, 0.1) is 0 Å². The molecule has 92 valence electrons.